The van der Waals surface area contributed by atoms with Gasteiger partial charge in [0.15, 0.2) is 0 Å². The maximum Gasteiger partial charge on any atom is 0.409 e. The number of likely N-dealkylation sites (tertiary alicyclic amines) is 2. The molecule has 15 heteroatoms. The second-order valence-corrected chi connectivity index (χ2v) is 20.5. The predicted octanol–water partition coefficient (Wildman–Crippen LogP) is 8.84. The number of carbonyl (C=O) groups excluding carboxylic acids is 1. The number of rotatable bonds is 19. The summed E-state index contributed by atoms with van der Waals surface area (Å²) in [4.78, 5) is 16.1. The fourth-order valence-corrected chi connectivity index (χ4v) is 10.9. The van der Waals surface area contributed by atoms with Crippen LogP contribution in [0.2, 0.25) is 0 Å². The SMILES string of the molecule is CCCCOC(=O)N1CC(c2ccc(-c3ccc(CC4CC[N+](C)(C)CC4)c(S(=O)(=O)N(Cc4ccc(OC)cc4)Cc4ccc(OC)cc4)c3-c3nnn(Cc4ccc(OC)cc4)n3)cc2)C1. The van der Waals surface area contributed by atoms with Crippen molar-refractivity contribution in [2.24, 2.45) is 5.92 Å². The van der Waals surface area contributed by atoms with Crippen molar-refractivity contribution in [2.75, 3.05) is 68.2 Å². The second kappa shape index (κ2) is 21.3. The van der Waals surface area contributed by atoms with Gasteiger partial charge in [0.1, 0.15) is 17.2 Å². The molecule has 5 aromatic carbocycles. The monoisotopic (exact) mass is 942 g/mol. The summed E-state index contributed by atoms with van der Waals surface area (Å²) < 4.78 is 56.6. The van der Waals surface area contributed by atoms with Crippen molar-refractivity contribution in [3.63, 3.8) is 0 Å². The van der Waals surface area contributed by atoms with E-state index in [0.717, 1.165) is 82.4 Å². The molecule has 0 bridgehead atoms. The third-order valence-corrected chi connectivity index (χ3v) is 15.3. The van der Waals surface area contributed by atoms with E-state index in [0.29, 0.717) is 55.3 Å². The first-order valence-electron chi connectivity index (χ1n) is 23.5. The lowest BCUT2D eigenvalue weighted by atomic mass is 9.87. The molecule has 14 nitrogen and oxygen atoms in total. The molecule has 0 spiro atoms. The van der Waals surface area contributed by atoms with E-state index in [1.807, 2.05) is 97.1 Å². The zero-order valence-corrected chi connectivity index (χ0v) is 41.0. The van der Waals surface area contributed by atoms with Crippen LogP contribution >= 0.6 is 0 Å². The van der Waals surface area contributed by atoms with Gasteiger partial charge in [-0.2, -0.15) is 9.10 Å². The van der Waals surface area contributed by atoms with E-state index in [2.05, 4.69) is 43.5 Å². The van der Waals surface area contributed by atoms with Crippen LogP contribution < -0.4 is 14.2 Å². The maximum absolute atomic E-state index is 16.2. The molecular weight excluding hydrogens is 879 g/mol. The fourth-order valence-electron chi connectivity index (χ4n) is 9.08. The number of unbranched alkanes of at least 4 members (excludes halogenated alkanes) is 1. The van der Waals surface area contributed by atoms with Crippen LogP contribution in [0.5, 0.6) is 17.2 Å². The Morgan fingerprint density at radius 3 is 1.85 bits per heavy atom. The second-order valence-electron chi connectivity index (χ2n) is 18.7. The predicted molar refractivity (Wildman–Crippen MR) is 262 cm³/mol. The Labute approximate surface area is 401 Å². The molecule has 6 aromatic rings. The van der Waals surface area contributed by atoms with Crippen LogP contribution in [0.1, 0.15) is 66.3 Å². The highest BCUT2D eigenvalue weighted by Gasteiger charge is 2.37. The number of hydrogen-bond acceptors (Lipinski definition) is 10. The third kappa shape index (κ3) is 11.3. The van der Waals surface area contributed by atoms with Crippen molar-refractivity contribution < 1.29 is 36.6 Å². The Bertz CT molecular complexity index is 2680. The highest BCUT2D eigenvalue weighted by molar-refractivity contribution is 7.89. The highest BCUT2D eigenvalue weighted by atomic mass is 32.2. The molecule has 0 unspecified atom stereocenters. The molecule has 0 radical (unpaired) electrons. The van der Waals surface area contributed by atoms with E-state index in [4.69, 9.17) is 24.0 Å². The van der Waals surface area contributed by atoms with Gasteiger partial charge in [0.05, 0.1) is 72.1 Å². The van der Waals surface area contributed by atoms with Gasteiger partial charge in [-0.25, -0.2) is 13.2 Å². The summed E-state index contributed by atoms with van der Waals surface area (Å²) in [5.41, 5.74) is 6.23. The van der Waals surface area contributed by atoms with Crippen LogP contribution in [0.4, 0.5) is 4.79 Å². The molecule has 3 heterocycles. The quantitative estimate of drug-likeness (QED) is 0.0572. The number of ether oxygens (including phenoxy) is 4. The molecule has 2 aliphatic heterocycles. The molecule has 2 fully saturated rings. The van der Waals surface area contributed by atoms with Crippen LogP contribution in [0.3, 0.4) is 0 Å². The Kier molecular flexibility index (Phi) is 15.1. The summed E-state index contributed by atoms with van der Waals surface area (Å²) in [6.07, 6.45) is 4.03. The fraction of sp³-hybridized carbons (Fsp3) is 0.396. The van der Waals surface area contributed by atoms with Crippen LogP contribution in [0, 0.1) is 5.92 Å². The van der Waals surface area contributed by atoms with Gasteiger partial charge >= 0.3 is 6.09 Å². The number of carbonyl (C=O) groups is 1. The summed E-state index contributed by atoms with van der Waals surface area (Å²) in [5.74, 6) is 2.73. The van der Waals surface area contributed by atoms with E-state index in [-0.39, 0.29) is 41.7 Å². The van der Waals surface area contributed by atoms with E-state index >= 15 is 8.42 Å². The standard InChI is InChI=1S/C53H64N7O7S/c1-7-8-31-67-53(61)57-36-45(37-57)42-15-17-43(18-16-42)49-26-19-44(32-38-27-29-60(2,3)30-28-38)51(50(49)52-54-56-59(55-52)35-41-13-24-48(66-6)25-14-41)68(62,63)58(33-39-9-20-46(64-4)21-10-39)34-40-11-22-47(65-5)23-12-40/h9-26,38,45H,7-8,27-37H2,1-6H3/q+1. The molecule has 2 aliphatic rings. The summed E-state index contributed by atoms with van der Waals surface area (Å²) in [5, 5.41) is 14.2. The van der Waals surface area contributed by atoms with Gasteiger partial charge in [-0.15, -0.1) is 10.2 Å². The molecular formula is C53H64N7O7S+. The lowest BCUT2D eigenvalue weighted by molar-refractivity contribution is -0.896. The van der Waals surface area contributed by atoms with Crippen LogP contribution in [0.15, 0.2) is 114 Å². The van der Waals surface area contributed by atoms with Crippen molar-refractivity contribution in [1.82, 2.24) is 29.4 Å². The first kappa shape index (κ1) is 48.2. The van der Waals surface area contributed by atoms with Gasteiger partial charge in [-0.05, 0) is 112 Å². The third-order valence-electron chi connectivity index (χ3n) is 13.4. The normalized spacial score (nSPS) is 15.2. The highest BCUT2D eigenvalue weighted by Crippen LogP contribution is 2.42. The topological polar surface area (TPSA) is 138 Å². The number of benzene rings is 5. The minimum absolute atomic E-state index is 0.0907. The number of tetrazole rings is 1. The molecule has 0 saturated carbocycles. The molecule has 0 aliphatic carbocycles. The zero-order valence-electron chi connectivity index (χ0n) is 40.1. The van der Waals surface area contributed by atoms with Gasteiger partial charge in [-0.3, -0.25) is 0 Å². The van der Waals surface area contributed by atoms with Crippen molar-refractivity contribution in [3.05, 3.63) is 137 Å². The molecule has 2 saturated heterocycles. The van der Waals surface area contributed by atoms with E-state index in [1.54, 1.807) is 30.5 Å². The smallest absolute Gasteiger partial charge is 0.409 e. The lowest BCUT2D eigenvalue weighted by Crippen LogP contribution is -2.48. The number of nitrogens with zero attached hydrogens (tertiary/aromatic N) is 7. The van der Waals surface area contributed by atoms with Gasteiger partial charge in [0.25, 0.3) is 0 Å². The molecule has 0 N–H and O–H groups in total. The first-order chi connectivity index (χ1) is 32.9. The molecule has 1 aromatic heterocycles. The summed E-state index contributed by atoms with van der Waals surface area (Å²) >= 11 is 0. The minimum Gasteiger partial charge on any atom is -0.497 e. The molecule has 68 heavy (non-hydrogen) atoms. The molecule has 0 atom stereocenters. The summed E-state index contributed by atoms with van der Waals surface area (Å²) in [6.45, 7) is 6.14. The zero-order chi connectivity index (χ0) is 47.8. The Hall–Kier alpha value is -6.29. The van der Waals surface area contributed by atoms with Gasteiger partial charge in [0, 0.05) is 32.1 Å². The summed E-state index contributed by atoms with van der Waals surface area (Å²) in [7, 11) is 5.01. The molecule has 1 amide bonds. The number of hydrogen-bond donors (Lipinski definition) is 0. The Balaban J connectivity index is 1.25. The van der Waals surface area contributed by atoms with Crippen LogP contribution in [-0.2, 0) is 40.8 Å². The maximum atomic E-state index is 16.2. The van der Waals surface area contributed by atoms with E-state index in [9.17, 15) is 4.79 Å². The van der Waals surface area contributed by atoms with Crippen molar-refractivity contribution in [3.8, 4) is 39.8 Å². The Morgan fingerprint density at radius 2 is 1.31 bits per heavy atom. The van der Waals surface area contributed by atoms with Crippen molar-refractivity contribution in [2.45, 2.75) is 69.5 Å². The molecule has 8 rings (SSSR count). The van der Waals surface area contributed by atoms with Crippen LogP contribution in [-0.4, -0.2) is 117 Å². The average molecular weight is 943 g/mol. The lowest BCUT2D eigenvalue weighted by Gasteiger charge is -2.38. The molecule has 358 valence electrons. The van der Waals surface area contributed by atoms with Gasteiger partial charge in [-0.1, -0.05) is 86.1 Å². The minimum atomic E-state index is -4.35. The van der Waals surface area contributed by atoms with Crippen molar-refractivity contribution in [1.29, 1.82) is 0 Å². The number of amides is 1. The van der Waals surface area contributed by atoms with Crippen molar-refractivity contribution >= 4 is 16.1 Å². The number of aromatic nitrogens is 4. The summed E-state index contributed by atoms with van der Waals surface area (Å²) in [6, 6.07) is 34.9. The van der Waals surface area contributed by atoms with E-state index in [1.165, 1.54) is 4.80 Å². The van der Waals surface area contributed by atoms with E-state index < -0.39 is 10.0 Å². The van der Waals surface area contributed by atoms with Crippen LogP contribution in [0.25, 0.3) is 22.5 Å². The number of methoxy groups -OCH3 is 3. The number of piperidine rings is 1. The van der Waals surface area contributed by atoms with Gasteiger partial charge < -0.3 is 28.3 Å². The first-order valence-corrected chi connectivity index (χ1v) is 25.0. The van der Waals surface area contributed by atoms with Gasteiger partial charge in [0.2, 0.25) is 15.8 Å². The number of quaternary nitrogens is 1. The average Bonchev–Trinajstić information content (AvgIpc) is 3.80. The Morgan fingerprint density at radius 1 is 0.750 bits per heavy atom. The number of sulfonamides is 1. The largest absolute Gasteiger partial charge is 0.497 e.